The van der Waals surface area contributed by atoms with Crippen LogP contribution in [0, 0.1) is 11.3 Å². The van der Waals surface area contributed by atoms with Gasteiger partial charge in [0.25, 0.3) is 0 Å². The van der Waals surface area contributed by atoms with Gasteiger partial charge >= 0.3 is 0 Å². The maximum atomic E-state index is 9.06. The van der Waals surface area contributed by atoms with Gasteiger partial charge in [0.1, 0.15) is 11.3 Å². The Bertz CT molecular complexity index is 512. The van der Waals surface area contributed by atoms with Crippen LogP contribution in [0.2, 0.25) is 0 Å². The SMILES string of the molecule is CC(C)(C#N)NCC(C)(C)c1ccc2c(c1)CCO2. The van der Waals surface area contributed by atoms with Crippen molar-refractivity contribution < 1.29 is 4.74 Å². The van der Waals surface area contributed by atoms with Crippen LogP contribution in [0.15, 0.2) is 18.2 Å². The Labute approximate surface area is 115 Å². The largest absolute Gasteiger partial charge is 0.493 e. The molecule has 0 saturated carbocycles. The predicted octanol–water partition coefficient (Wildman–Crippen LogP) is 2.79. The Kier molecular flexibility index (Phi) is 3.56. The van der Waals surface area contributed by atoms with Gasteiger partial charge in [0.15, 0.2) is 0 Å². The van der Waals surface area contributed by atoms with Gasteiger partial charge in [0, 0.05) is 18.4 Å². The molecule has 0 fully saturated rings. The van der Waals surface area contributed by atoms with E-state index in [9.17, 15) is 0 Å². The van der Waals surface area contributed by atoms with E-state index in [1.54, 1.807) is 0 Å². The van der Waals surface area contributed by atoms with Crippen LogP contribution in [0.3, 0.4) is 0 Å². The van der Waals surface area contributed by atoms with Crippen molar-refractivity contribution in [2.75, 3.05) is 13.2 Å². The lowest BCUT2D eigenvalue weighted by molar-refractivity contribution is 0.356. The highest BCUT2D eigenvalue weighted by Crippen LogP contribution is 2.31. The van der Waals surface area contributed by atoms with Crippen LogP contribution < -0.4 is 10.1 Å². The van der Waals surface area contributed by atoms with Gasteiger partial charge in [-0.1, -0.05) is 26.0 Å². The predicted molar refractivity (Wildman–Crippen MR) is 76.4 cm³/mol. The number of fused-ring (bicyclic) bond motifs is 1. The number of ether oxygens (including phenoxy) is 1. The molecule has 1 aliphatic heterocycles. The summed E-state index contributed by atoms with van der Waals surface area (Å²) in [6.45, 7) is 9.77. The van der Waals surface area contributed by atoms with E-state index in [0.29, 0.717) is 0 Å². The smallest absolute Gasteiger partial charge is 0.122 e. The van der Waals surface area contributed by atoms with Crippen molar-refractivity contribution >= 4 is 0 Å². The molecule has 3 nitrogen and oxygen atoms in total. The lowest BCUT2D eigenvalue weighted by Gasteiger charge is -2.30. The molecule has 0 aromatic heterocycles. The summed E-state index contributed by atoms with van der Waals surface area (Å²) in [5.41, 5.74) is 2.09. The van der Waals surface area contributed by atoms with Crippen LogP contribution in [0.4, 0.5) is 0 Å². The van der Waals surface area contributed by atoms with Crippen molar-refractivity contribution in [3.8, 4) is 11.8 Å². The highest BCUT2D eigenvalue weighted by molar-refractivity contribution is 5.42. The number of rotatable bonds is 4. The minimum absolute atomic E-state index is 0.00819. The zero-order chi connectivity index (χ0) is 14.1. The van der Waals surface area contributed by atoms with Crippen molar-refractivity contribution in [2.24, 2.45) is 0 Å². The van der Waals surface area contributed by atoms with Gasteiger partial charge in [-0.2, -0.15) is 5.26 Å². The number of nitrogens with zero attached hydrogens (tertiary/aromatic N) is 1. The van der Waals surface area contributed by atoms with E-state index >= 15 is 0 Å². The van der Waals surface area contributed by atoms with E-state index in [1.807, 2.05) is 13.8 Å². The van der Waals surface area contributed by atoms with Crippen LogP contribution in [0.1, 0.15) is 38.8 Å². The fraction of sp³-hybridized carbons (Fsp3) is 0.562. The Morgan fingerprint density at radius 2 is 2.05 bits per heavy atom. The van der Waals surface area contributed by atoms with Crippen molar-refractivity contribution in [1.82, 2.24) is 5.32 Å². The second-order valence-corrected chi connectivity index (χ2v) is 6.40. The van der Waals surface area contributed by atoms with Crippen molar-refractivity contribution in [3.05, 3.63) is 29.3 Å². The molecule has 1 aromatic rings. The van der Waals surface area contributed by atoms with Gasteiger partial charge in [0.05, 0.1) is 12.7 Å². The molecule has 1 aromatic carbocycles. The first-order valence-corrected chi connectivity index (χ1v) is 6.77. The number of benzene rings is 1. The van der Waals surface area contributed by atoms with E-state index in [-0.39, 0.29) is 5.41 Å². The van der Waals surface area contributed by atoms with Crippen LogP contribution in [-0.4, -0.2) is 18.7 Å². The molecule has 0 bridgehead atoms. The summed E-state index contributed by atoms with van der Waals surface area (Å²) in [4.78, 5) is 0. The lowest BCUT2D eigenvalue weighted by atomic mass is 9.83. The number of hydrogen-bond acceptors (Lipinski definition) is 3. The molecule has 1 N–H and O–H groups in total. The first-order chi connectivity index (χ1) is 8.84. The third-order valence-corrected chi connectivity index (χ3v) is 3.72. The molecule has 0 unspecified atom stereocenters. The van der Waals surface area contributed by atoms with Crippen LogP contribution >= 0.6 is 0 Å². The summed E-state index contributed by atoms with van der Waals surface area (Å²) in [6.07, 6.45) is 0.996. The van der Waals surface area contributed by atoms with E-state index in [1.165, 1.54) is 11.1 Å². The maximum Gasteiger partial charge on any atom is 0.122 e. The van der Waals surface area contributed by atoms with E-state index in [4.69, 9.17) is 10.00 Å². The molecule has 19 heavy (non-hydrogen) atoms. The maximum absolute atomic E-state index is 9.06. The van der Waals surface area contributed by atoms with Gasteiger partial charge < -0.3 is 4.74 Å². The Hall–Kier alpha value is -1.53. The van der Waals surface area contributed by atoms with Crippen LogP contribution in [-0.2, 0) is 11.8 Å². The fourth-order valence-electron chi connectivity index (χ4n) is 2.19. The molecular formula is C16H22N2O. The van der Waals surface area contributed by atoms with Crippen molar-refractivity contribution in [1.29, 1.82) is 5.26 Å². The molecule has 0 spiro atoms. The molecule has 0 radical (unpaired) electrons. The summed E-state index contributed by atoms with van der Waals surface area (Å²) in [5.74, 6) is 1.02. The lowest BCUT2D eigenvalue weighted by Crippen LogP contribution is -2.44. The van der Waals surface area contributed by atoms with Crippen molar-refractivity contribution in [2.45, 2.75) is 45.1 Å². The molecule has 0 saturated heterocycles. The minimum Gasteiger partial charge on any atom is -0.493 e. The quantitative estimate of drug-likeness (QED) is 0.903. The standard InChI is InChI=1S/C16H22N2O/c1-15(2,11-18-16(3,4)10-17)13-5-6-14-12(9-13)7-8-19-14/h5-6,9,18H,7-8,11H2,1-4H3. The van der Waals surface area contributed by atoms with E-state index < -0.39 is 5.54 Å². The van der Waals surface area contributed by atoms with E-state index in [0.717, 1.165) is 25.3 Å². The molecule has 0 amide bonds. The Morgan fingerprint density at radius 3 is 2.74 bits per heavy atom. The first kappa shape index (κ1) is 13.9. The topological polar surface area (TPSA) is 45.0 Å². The first-order valence-electron chi connectivity index (χ1n) is 6.77. The number of nitriles is 1. The number of nitrogens with one attached hydrogen (secondary N) is 1. The second-order valence-electron chi connectivity index (χ2n) is 6.40. The molecular weight excluding hydrogens is 236 g/mol. The van der Waals surface area contributed by atoms with Gasteiger partial charge in [0.2, 0.25) is 0 Å². The van der Waals surface area contributed by atoms with E-state index in [2.05, 4.69) is 43.4 Å². The summed E-state index contributed by atoms with van der Waals surface area (Å²) in [7, 11) is 0. The van der Waals surface area contributed by atoms with Gasteiger partial charge in [-0.3, -0.25) is 5.32 Å². The minimum atomic E-state index is -0.489. The third-order valence-electron chi connectivity index (χ3n) is 3.72. The zero-order valence-electron chi connectivity index (χ0n) is 12.2. The molecule has 1 heterocycles. The highest BCUT2D eigenvalue weighted by Gasteiger charge is 2.26. The van der Waals surface area contributed by atoms with Gasteiger partial charge in [-0.25, -0.2) is 0 Å². The summed E-state index contributed by atoms with van der Waals surface area (Å²) < 4.78 is 5.54. The molecule has 3 heteroatoms. The normalized spacial score (nSPS) is 14.7. The van der Waals surface area contributed by atoms with Crippen LogP contribution in [0.25, 0.3) is 0 Å². The molecule has 0 aliphatic carbocycles. The van der Waals surface area contributed by atoms with Gasteiger partial charge in [-0.15, -0.1) is 0 Å². The average molecular weight is 258 g/mol. The summed E-state index contributed by atoms with van der Waals surface area (Å²) in [6, 6.07) is 8.71. The third kappa shape index (κ3) is 3.08. The Morgan fingerprint density at radius 1 is 1.32 bits per heavy atom. The zero-order valence-corrected chi connectivity index (χ0v) is 12.2. The molecule has 102 valence electrons. The monoisotopic (exact) mass is 258 g/mol. The number of hydrogen-bond donors (Lipinski definition) is 1. The highest BCUT2D eigenvalue weighted by atomic mass is 16.5. The van der Waals surface area contributed by atoms with Gasteiger partial charge in [-0.05, 0) is 31.0 Å². The summed E-state index contributed by atoms with van der Waals surface area (Å²) >= 11 is 0. The summed E-state index contributed by atoms with van der Waals surface area (Å²) in [5, 5.41) is 12.4. The second kappa shape index (κ2) is 4.86. The molecule has 0 atom stereocenters. The Balaban J connectivity index is 2.13. The average Bonchev–Trinajstić information content (AvgIpc) is 2.84. The molecule has 1 aliphatic rings. The fourth-order valence-corrected chi connectivity index (χ4v) is 2.19. The molecule has 2 rings (SSSR count). The van der Waals surface area contributed by atoms with Crippen molar-refractivity contribution in [3.63, 3.8) is 0 Å². The van der Waals surface area contributed by atoms with Crippen LogP contribution in [0.5, 0.6) is 5.75 Å².